The fourth-order valence-electron chi connectivity index (χ4n) is 2.23. The number of aryl methyl sites for hydroxylation is 1. The van der Waals surface area contributed by atoms with E-state index in [0.717, 1.165) is 5.56 Å². The van der Waals surface area contributed by atoms with E-state index >= 15 is 0 Å². The van der Waals surface area contributed by atoms with Gasteiger partial charge in [-0.15, -0.1) is 0 Å². The van der Waals surface area contributed by atoms with Gasteiger partial charge in [-0.3, -0.25) is 9.59 Å². The molecule has 5 heteroatoms. The third-order valence-electron chi connectivity index (χ3n) is 3.24. The Morgan fingerprint density at radius 1 is 1.25 bits per heavy atom. The molecule has 0 bridgehead atoms. The van der Waals surface area contributed by atoms with Crippen molar-refractivity contribution in [3.63, 3.8) is 0 Å². The van der Waals surface area contributed by atoms with Gasteiger partial charge in [0.2, 0.25) is 0 Å². The van der Waals surface area contributed by atoms with Crippen LogP contribution in [0.2, 0.25) is 0 Å². The molecular formula is C15H16N2O3. The highest BCUT2D eigenvalue weighted by Crippen LogP contribution is 2.20. The van der Waals surface area contributed by atoms with Gasteiger partial charge in [0.25, 0.3) is 5.56 Å². The van der Waals surface area contributed by atoms with E-state index in [1.165, 1.54) is 0 Å². The van der Waals surface area contributed by atoms with E-state index in [2.05, 4.69) is 4.98 Å². The van der Waals surface area contributed by atoms with Gasteiger partial charge in [0.1, 0.15) is 5.69 Å². The van der Waals surface area contributed by atoms with Gasteiger partial charge in [0, 0.05) is 12.1 Å². The molecule has 20 heavy (non-hydrogen) atoms. The van der Waals surface area contributed by atoms with E-state index in [1.807, 2.05) is 30.3 Å². The maximum absolute atomic E-state index is 11.8. The third kappa shape index (κ3) is 2.88. The first kappa shape index (κ1) is 13.9. The molecule has 0 aliphatic heterocycles. The highest BCUT2D eigenvalue weighted by Gasteiger charge is 2.16. The number of pyridine rings is 1. The number of nitrogens with two attached hydrogens (primary N) is 1. The standard InChI is InChI=1S/C15H16N2O3/c1-9-11(8-13(18)19)12(14(16)15(20)17-9)7-10-5-3-2-4-6-10/h2-6H,7-8,16H2,1H3,(H,17,20)(H,18,19). The zero-order valence-electron chi connectivity index (χ0n) is 11.1. The minimum atomic E-state index is -0.950. The van der Waals surface area contributed by atoms with Gasteiger partial charge in [-0.1, -0.05) is 30.3 Å². The van der Waals surface area contributed by atoms with Gasteiger partial charge in [-0.2, -0.15) is 0 Å². The Morgan fingerprint density at radius 2 is 1.90 bits per heavy atom. The van der Waals surface area contributed by atoms with Crippen LogP contribution >= 0.6 is 0 Å². The summed E-state index contributed by atoms with van der Waals surface area (Å²) in [5, 5.41) is 9.01. The molecule has 0 saturated carbocycles. The Bertz CT molecular complexity index is 690. The molecule has 0 fully saturated rings. The Labute approximate surface area is 116 Å². The molecule has 0 atom stereocenters. The van der Waals surface area contributed by atoms with Crippen LogP contribution in [0.5, 0.6) is 0 Å². The number of aromatic amines is 1. The summed E-state index contributed by atoms with van der Waals surface area (Å²) < 4.78 is 0. The second-order valence-corrected chi connectivity index (χ2v) is 4.68. The number of aromatic nitrogens is 1. The smallest absolute Gasteiger partial charge is 0.307 e. The number of hydrogen-bond donors (Lipinski definition) is 3. The average Bonchev–Trinajstić information content (AvgIpc) is 2.41. The van der Waals surface area contributed by atoms with Crippen LogP contribution in [0.15, 0.2) is 35.1 Å². The summed E-state index contributed by atoms with van der Waals surface area (Å²) in [4.78, 5) is 25.3. The van der Waals surface area contributed by atoms with Crippen molar-refractivity contribution in [1.82, 2.24) is 4.98 Å². The summed E-state index contributed by atoms with van der Waals surface area (Å²) in [5.41, 5.74) is 8.27. The second-order valence-electron chi connectivity index (χ2n) is 4.68. The Hall–Kier alpha value is -2.56. The lowest BCUT2D eigenvalue weighted by molar-refractivity contribution is -0.136. The second kappa shape index (κ2) is 5.61. The predicted octanol–water partition coefficient (Wildman–Crippen LogP) is 1.48. The quantitative estimate of drug-likeness (QED) is 0.785. The lowest BCUT2D eigenvalue weighted by Gasteiger charge is -2.13. The number of carboxylic acids is 1. The maximum atomic E-state index is 11.8. The van der Waals surface area contributed by atoms with Crippen LogP contribution in [0, 0.1) is 6.92 Å². The monoisotopic (exact) mass is 272 g/mol. The Kier molecular flexibility index (Phi) is 3.89. The highest BCUT2D eigenvalue weighted by molar-refractivity contribution is 5.72. The van der Waals surface area contributed by atoms with Gasteiger partial charge < -0.3 is 15.8 Å². The Balaban J connectivity index is 2.54. The molecule has 104 valence electrons. The summed E-state index contributed by atoms with van der Waals surface area (Å²) in [6.07, 6.45) is 0.287. The summed E-state index contributed by atoms with van der Waals surface area (Å²) in [6.45, 7) is 1.69. The van der Waals surface area contributed by atoms with Gasteiger partial charge in [0.05, 0.1) is 6.42 Å². The Morgan fingerprint density at radius 3 is 2.50 bits per heavy atom. The van der Waals surface area contributed by atoms with Crippen molar-refractivity contribution < 1.29 is 9.90 Å². The van der Waals surface area contributed by atoms with E-state index in [4.69, 9.17) is 10.8 Å². The predicted molar refractivity (Wildman–Crippen MR) is 76.8 cm³/mol. The largest absolute Gasteiger partial charge is 0.481 e. The SMILES string of the molecule is Cc1[nH]c(=O)c(N)c(Cc2ccccc2)c1CC(=O)O. The first-order valence-corrected chi connectivity index (χ1v) is 6.25. The number of carbonyl (C=O) groups is 1. The molecule has 2 rings (SSSR count). The number of aliphatic carboxylic acids is 1. The van der Waals surface area contributed by atoms with Crippen LogP contribution < -0.4 is 11.3 Å². The van der Waals surface area contributed by atoms with Crippen molar-refractivity contribution in [2.24, 2.45) is 0 Å². The first-order valence-electron chi connectivity index (χ1n) is 6.25. The van der Waals surface area contributed by atoms with Crippen LogP contribution in [-0.4, -0.2) is 16.1 Å². The number of carboxylic acid groups (broad SMARTS) is 1. The number of anilines is 1. The van der Waals surface area contributed by atoms with E-state index in [0.29, 0.717) is 23.2 Å². The molecule has 0 amide bonds. The van der Waals surface area contributed by atoms with Crippen molar-refractivity contribution in [3.05, 3.63) is 63.1 Å². The number of H-pyrrole nitrogens is 1. The first-order chi connectivity index (χ1) is 9.49. The van der Waals surface area contributed by atoms with Crippen LogP contribution in [0.3, 0.4) is 0 Å². The molecule has 0 aliphatic rings. The van der Waals surface area contributed by atoms with Crippen LogP contribution in [0.4, 0.5) is 5.69 Å². The molecule has 2 aromatic rings. The summed E-state index contributed by atoms with van der Waals surface area (Å²) in [6, 6.07) is 9.51. The third-order valence-corrected chi connectivity index (χ3v) is 3.24. The van der Waals surface area contributed by atoms with E-state index < -0.39 is 5.97 Å². The van der Waals surface area contributed by atoms with Crippen molar-refractivity contribution >= 4 is 11.7 Å². The van der Waals surface area contributed by atoms with Crippen molar-refractivity contribution in [3.8, 4) is 0 Å². The van der Waals surface area contributed by atoms with Crippen LogP contribution in [-0.2, 0) is 17.6 Å². The minimum Gasteiger partial charge on any atom is -0.481 e. The molecule has 4 N–H and O–H groups in total. The van der Waals surface area contributed by atoms with Crippen molar-refractivity contribution in [1.29, 1.82) is 0 Å². The number of benzene rings is 1. The summed E-state index contributed by atoms with van der Waals surface area (Å²) >= 11 is 0. The number of nitrogens with one attached hydrogen (secondary N) is 1. The summed E-state index contributed by atoms with van der Waals surface area (Å²) in [5.74, 6) is -0.950. The van der Waals surface area contributed by atoms with Gasteiger partial charge in [-0.25, -0.2) is 0 Å². The maximum Gasteiger partial charge on any atom is 0.307 e. The highest BCUT2D eigenvalue weighted by atomic mass is 16.4. The lowest BCUT2D eigenvalue weighted by atomic mass is 9.96. The average molecular weight is 272 g/mol. The van der Waals surface area contributed by atoms with E-state index in [1.54, 1.807) is 6.92 Å². The fraction of sp³-hybridized carbons (Fsp3) is 0.200. The van der Waals surface area contributed by atoms with Crippen molar-refractivity contribution in [2.75, 3.05) is 5.73 Å². The van der Waals surface area contributed by atoms with Crippen molar-refractivity contribution in [2.45, 2.75) is 19.8 Å². The van der Waals surface area contributed by atoms with E-state index in [-0.39, 0.29) is 17.7 Å². The van der Waals surface area contributed by atoms with Gasteiger partial charge in [0.15, 0.2) is 0 Å². The number of hydrogen-bond acceptors (Lipinski definition) is 3. The van der Waals surface area contributed by atoms with E-state index in [9.17, 15) is 9.59 Å². The number of rotatable bonds is 4. The summed E-state index contributed by atoms with van der Waals surface area (Å²) in [7, 11) is 0. The van der Waals surface area contributed by atoms with Crippen LogP contribution in [0.1, 0.15) is 22.4 Å². The lowest BCUT2D eigenvalue weighted by Crippen LogP contribution is -2.20. The molecule has 1 aromatic heterocycles. The zero-order valence-corrected chi connectivity index (χ0v) is 11.1. The molecule has 5 nitrogen and oxygen atoms in total. The minimum absolute atomic E-state index is 0.0932. The number of nitrogen functional groups attached to an aromatic ring is 1. The molecule has 1 heterocycles. The van der Waals surface area contributed by atoms with Crippen LogP contribution in [0.25, 0.3) is 0 Å². The molecule has 0 aliphatic carbocycles. The molecule has 0 radical (unpaired) electrons. The fourth-order valence-corrected chi connectivity index (χ4v) is 2.23. The van der Waals surface area contributed by atoms with Gasteiger partial charge in [-0.05, 0) is 23.6 Å². The zero-order chi connectivity index (χ0) is 14.7. The molecule has 0 saturated heterocycles. The topological polar surface area (TPSA) is 96.2 Å². The molecule has 0 spiro atoms. The molecule has 1 aromatic carbocycles. The van der Waals surface area contributed by atoms with Gasteiger partial charge >= 0.3 is 5.97 Å². The molecule has 0 unspecified atom stereocenters. The normalized spacial score (nSPS) is 10.4. The molecular weight excluding hydrogens is 256 g/mol.